The molecule has 4 heterocycles. The summed E-state index contributed by atoms with van der Waals surface area (Å²) in [5.74, 6) is -0.468. The lowest BCUT2D eigenvalue weighted by Crippen LogP contribution is -2.44. The monoisotopic (exact) mass is 470 g/mol. The number of amides is 1. The van der Waals surface area contributed by atoms with Crippen molar-refractivity contribution >= 4 is 16.9 Å². The van der Waals surface area contributed by atoms with Crippen molar-refractivity contribution in [3.63, 3.8) is 0 Å². The number of pyridine rings is 1. The zero-order valence-corrected chi connectivity index (χ0v) is 17.8. The minimum atomic E-state index is -4.58. The van der Waals surface area contributed by atoms with Crippen LogP contribution in [0, 0.1) is 6.92 Å². The Hall–Kier alpha value is -4.15. The van der Waals surface area contributed by atoms with Gasteiger partial charge in [-0.15, -0.1) is 0 Å². The molecule has 0 fully saturated rings. The normalized spacial score (nSPS) is 14.0. The zero-order chi connectivity index (χ0) is 24.2. The SMILES string of the molecule is Cc1cn(-c2ccc3n(c2=O)CCN(Cc2cc(=O)oc4ccc(C(F)(F)F)cc24)C3=O)cn1. The second-order valence-electron chi connectivity index (χ2n) is 8.01. The van der Waals surface area contributed by atoms with Gasteiger partial charge in [0, 0.05) is 37.3 Å². The smallest absolute Gasteiger partial charge is 0.416 e. The Morgan fingerprint density at radius 3 is 2.56 bits per heavy atom. The summed E-state index contributed by atoms with van der Waals surface area (Å²) in [6, 6.07) is 6.97. The van der Waals surface area contributed by atoms with Crippen molar-refractivity contribution in [3.8, 4) is 5.69 Å². The van der Waals surface area contributed by atoms with Gasteiger partial charge in [0.25, 0.3) is 11.5 Å². The van der Waals surface area contributed by atoms with E-state index >= 15 is 0 Å². The average Bonchev–Trinajstić information content (AvgIpc) is 3.21. The molecule has 1 aliphatic heterocycles. The standard InChI is InChI=1S/C23H17F3N4O4/c1-13-10-29(12-27-13)17-3-4-18-21(32)28(6-7-30(18)22(17)33)11-14-8-20(31)34-19-5-2-15(9-16(14)19)23(24,25)26/h2-5,8-10,12H,6-7,11H2,1H3. The number of nitrogens with zero attached hydrogens (tertiary/aromatic N) is 4. The molecule has 1 aliphatic rings. The summed E-state index contributed by atoms with van der Waals surface area (Å²) < 4.78 is 47.6. The maximum atomic E-state index is 13.2. The molecule has 5 rings (SSSR count). The van der Waals surface area contributed by atoms with Gasteiger partial charge in [0.1, 0.15) is 17.0 Å². The molecule has 3 aromatic heterocycles. The van der Waals surface area contributed by atoms with Gasteiger partial charge in [-0.1, -0.05) is 0 Å². The summed E-state index contributed by atoms with van der Waals surface area (Å²) in [7, 11) is 0. The van der Waals surface area contributed by atoms with Gasteiger partial charge in [-0.05, 0) is 42.8 Å². The van der Waals surface area contributed by atoms with E-state index in [1.807, 2.05) is 0 Å². The van der Waals surface area contributed by atoms with Crippen LogP contribution in [0.5, 0.6) is 0 Å². The first-order valence-electron chi connectivity index (χ1n) is 10.3. The number of carbonyl (C=O) groups excluding carboxylic acids is 1. The van der Waals surface area contributed by atoms with Gasteiger partial charge in [-0.25, -0.2) is 9.78 Å². The van der Waals surface area contributed by atoms with E-state index in [4.69, 9.17) is 4.42 Å². The third-order valence-electron chi connectivity index (χ3n) is 5.76. The number of imidazole rings is 1. The highest BCUT2D eigenvalue weighted by Gasteiger charge is 2.31. The third kappa shape index (κ3) is 3.68. The van der Waals surface area contributed by atoms with Gasteiger partial charge in [-0.3, -0.25) is 9.59 Å². The summed E-state index contributed by atoms with van der Waals surface area (Å²) in [5, 5.41) is 0.0935. The lowest BCUT2D eigenvalue weighted by molar-refractivity contribution is -0.137. The molecule has 0 spiro atoms. The van der Waals surface area contributed by atoms with Crippen LogP contribution < -0.4 is 11.2 Å². The molecule has 1 amide bonds. The van der Waals surface area contributed by atoms with Crippen molar-refractivity contribution in [1.29, 1.82) is 0 Å². The maximum absolute atomic E-state index is 13.2. The number of halogens is 3. The molecule has 1 aromatic carbocycles. The van der Waals surface area contributed by atoms with Crippen LogP contribution >= 0.6 is 0 Å². The third-order valence-corrected chi connectivity index (χ3v) is 5.76. The van der Waals surface area contributed by atoms with Crippen molar-refractivity contribution in [2.24, 2.45) is 0 Å². The maximum Gasteiger partial charge on any atom is 0.416 e. The molecule has 0 atom stereocenters. The molecule has 174 valence electrons. The number of fused-ring (bicyclic) bond motifs is 2. The van der Waals surface area contributed by atoms with Crippen LogP contribution in [0.4, 0.5) is 13.2 Å². The molecule has 0 saturated heterocycles. The summed E-state index contributed by atoms with van der Waals surface area (Å²) in [6.45, 7) is 2.01. The summed E-state index contributed by atoms with van der Waals surface area (Å²) in [5.41, 5.74) is -0.523. The molecule has 0 N–H and O–H groups in total. The van der Waals surface area contributed by atoms with Crippen LogP contribution in [-0.2, 0) is 19.3 Å². The number of rotatable bonds is 3. The van der Waals surface area contributed by atoms with Crippen molar-refractivity contribution in [2.45, 2.75) is 26.2 Å². The van der Waals surface area contributed by atoms with E-state index in [1.165, 1.54) is 27.9 Å². The lowest BCUT2D eigenvalue weighted by atomic mass is 10.1. The number of alkyl halides is 3. The fraction of sp³-hybridized carbons (Fsp3) is 0.217. The Bertz CT molecular complexity index is 1570. The second kappa shape index (κ2) is 7.72. The minimum absolute atomic E-state index is 0.00292. The van der Waals surface area contributed by atoms with E-state index in [0.717, 1.165) is 30.0 Å². The number of hydrogen-bond acceptors (Lipinski definition) is 5. The highest BCUT2D eigenvalue weighted by atomic mass is 19.4. The van der Waals surface area contributed by atoms with Crippen molar-refractivity contribution < 1.29 is 22.4 Å². The Morgan fingerprint density at radius 2 is 1.85 bits per heavy atom. The van der Waals surface area contributed by atoms with Gasteiger partial charge in [0.15, 0.2) is 0 Å². The fourth-order valence-corrected chi connectivity index (χ4v) is 4.10. The lowest BCUT2D eigenvalue weighted by Gasteiger charge is -2.30. The molecule has 0 saturated carbocycles. The van der Waals surface area contributed by atoms with Crippen molar-refractivity contribution in [1.82, 2.24) is 19.0 Å². The number of carbonyl (C=O) groups is 1. The van der Waals surface area contributed by atoms with Crippen LogP contribution in [-0.4, -0.2) is 31.5 Å². The van der Waals surface area contributed by atoms with Gasteiger partial charge in [0.05, 0.1) is 17.6 Å². The molecule has 4 aromatic rings. The van der Waals surface area contributed by atoms with E-state index in [9.17, 15) is 27.6 Å². The zero-order valence-electron chi connectivity index (χ0n) is 17.8. The molecule has 8 nitrogen and oxygen atoms in total. The minimum Gasteiger partial charge on any atom is -0.423 e. The van der Waals surface area contributed by atoms with Crippen LogP contribution in [0.25, 0.3) is 16.7 Å². The molecule has 0 unspecified atom stereocenters. The Labute approximate surface area is 189 Å². The second-order valence-corrected chi connectivity index (χ2v) is 8.01. The van der Waals surface area contributed by atoms with Crippen molar-refractivity contribution in [3.05, 3.63) is 92.2 Å². The summed E-state index contributed by atoms with van der Waals surface area (Å²) in [6.07, 6.45) is -1.37. The summed E-state index contributed by atoms with van der Waals surface area (Å²) >= 11 is 0. The van der Waals surface area contributed by atoms with E-state index in [1.54, 1.807) is 17.7 Å². The van der Waals surface area contributed by atoms with Gasteiger partial charge < -0.3 is 18.5 Å². The van der Waals surface area contributed by atoms with E-state index < -0.39 is 23.3 Å². The van der Waals surface area contributed by atoms with Gasteiger partial charge in [0.2, 0.25) is 0 Å². The Morgan fingerprint density at radius 1 is 1.06 bits per heavy atom. The number of hydrogen-bond donors (Lipinski definition) is 0. The molecule has 34 heavy (non-hydrogen) atoms. The van der Waals surface area contributed by atoms with Gasteiger partial charge >= 0.3 is 11.8 Å². The number of aryl methyl sites for hydroxylation is 1. The first kappa shape index (κ1) is 21.7. The highest BCUT2D eigenvalue weighted by molar-refractivity contribution is 5.93. The van der Waals surface area contributed by atoms with Crippen LogP contribution in [0.15, 0.2) is 62.9 Å². The molecule has 11 heteroatoms. The highest BCUT2D eigenvalue weighted by Crippen LogP contribution is 2.32. The molecule has 0 bridgehead atoms. The summed E-state index contributed by atoms with van der Waals surface area (Å²) in [4.78, 5) is 43.6. The fourth-order valence-electron chi connectivity index (χ4n) is 4.10. The van der Waals surface area contributed by atoms with E-state index in [-0.39, 0.29) is 47.4 Å². The van der Waals surface area contributed by atoms with E-state index in [0.29, 0.717) is 5.69 Å². The predicted molar refractivity (Wildman–Crippen MR) is 115 cm³/mol. The quantitative estimate of drug-likeness (QED) is 0.429. The Balaban J connectivity index is 1.51. The average molecular weight is 470 g/mol. The molecule has 0 radical (unpaired) electrons. The molecular weight excluding hydrogens is 453 g/mol. The topological polar surface area (TPSA) is 90.3 Å². The number of benzene rings is 1. The van der Waals surface area contributed by atoms with Crippen LogP contribution in [0.3, 0.4) is 0 Å². The first-order chi connectivity index (χ1) is 16.1. The van der Waals surface area contributed by atoms with Crippen molar-refractivity contribution in [2.75, 3.05) is 6.54 Å². The van der Waals surface area contributed by atoms with Gasteiger partial charge in [-0.2, -0.15) is 13.2 Å². The molecule has 0 aliphatic carbocycles. The van der Waals surface area contributed by atoms with Crippen LogP contribution in [0.1, 0.15) is 27.3 Å². The van der Waals surface area contributed by atoms with E-state index in [2.05, 4.69) is 4.98 Å². The molecular formula is C23H17F3N4O4. The van der Waals surface area contributed by atoms with Crippen LogP contribution in [0.2, 0.25) is 0 Å². The largest absolute Gasteiger partial charge is 0.423 e. The number of aromatic nitrogens is 3. The first-order valence-corrected chi connectivity index (χ1v) is 10.3. The Kier molecular flexibility index (Phi) is 4.92. The predicted octanol–water partition coefficient (Wildman–Crippen LogP) is 3.12.